The van der Waals surface area contributed by atoms with E-state index in [1.165, 1.54) is 6.92 Å². The van der Waals surface area contributed by atoms with Gasteiger partial charge in [-0.15, -0.1) is 0 Å². The molecule has 0 fully saturated rings. The van der Waals surface area contributed by atoms with Crippen LogP contribution < -0.4 is 5.32 Å². The molecule has 1 N–H and O–H groups in total. The van der Waals surface area contributed by atoms with Crippen LogP contribution in [0.1, 0.15) is 41.0 Å². The average Bonchev–Trinajstić information content (AvgIpc) is 2.59. The maximum Gasteiger partial charge on any atom is 0.338 e. The van der Waals surface area contributed by atoms with Crippen molar-refractivity contribution in [2.45, 2.75) is 26.4 Å². The molecule has 0 radical (unpaired) electrons. The van der Waals surface area contributed by atoms with Crippen molar-refractivity contribution in [2.24, 2.45) is 0 Å². The molecule has 24 heavy (non-hydrogen) atoms. The van der Waals surface area contributed by atoms with E-state index in [2.05, 4.69) is 5.32 Å². The van der Waals surface area contributed by atoms with Crippen LogP contribution in [0, 0.1) is 0 Å². The van der Waals surface area contributed by atoms with Gasteiger partial charge in [0.05, 0.1) is 5.56 Å². The smallest absolute Gasteiger partial charge is 0.338 e. The number of benzene rings is 2. The predicted octanol–water partition coefficient (Wildman–Crippen LogP) is 3.46. The summed E-state index contributed by atoms with van der Waals surface area (Å²) >= 11 is 0. The second-order valence-electron chi connectivity index (χ2n) is 5.29. The molecule has 5 nitrogen and oxygen atoms in total. The maximum atomic E-state index is 12.4. The molecule has 0 saturated heterocycles. The van der Waals surface area contributed by atoms with Gasteiger partial charge in [-0.25, -0.2) is 4.79 Å². The van der Waals surface area contributed by atoms with E-state index in [9.17, 15) is 14.4 Å². The van der Waals surface area contributed by atoms with Gasteiger partial charge in [0, 0.05) is 18.2 Å². The summed E-state index contributed by atoms with van der Waals surface area (Å²) in [6, 6.07) is 15.1. The topological polar surface area (TPSA) is 72.5 Å². The van der Waals surface area contributed by atoms with E-state index >= 15 is 0 Å². The first kappa shape index (κ1) is 17.4. The fraction of sp³-hybridized carbons (Fsp3) is 0.211. The van der Waals surface area contributed by atoms with E-state index in [0.717, 1.165) is 0 Å². The molecule has 1 amide bonds. The first-order valence-electron chi connectivity index (χ1n) is 7.69. The van der Waals surface area contributed by atoms with Crippen LogP contribution in [0.15, 0.2) is 54.6 Å². The highest BCUT2D eigenvalue weighted by molar-refractivity contribution is 6.01. The van der Waals surface area contributed by atoms with E-state index in [1.54, 1.807) is 55.5 Å². The van der Waals surface area contributed by atoms with Crippen molar-refractivity contribution in [3.8, 4) is 0 Å². The molecule has 0 aromatic heterocycles. The normalized spacial score (nSPS) is 11.4. The highest BCUT2D eigenvalue weighted by atomic mass is 16.5. The molecule has 5 heteroatoms. The minimum absolute atomic E-state index is 0.190. The monoisotopic (exact) mass is 325 g/mol. The first-order valence-corrected chi connectivity index (χ1v) is 7.69. The lowest BCUT2D eigenvalue weighted by atomic mass is 10.0. The van der Waals surface area contributed by atoms with Gasteiger partial charge >= 0.3 is 5.97 Å². The molecular weight excluding hydrogens is 306 g/mol. The van der Waals surface area contributed by atoms with Gasteiger partial charge in [0.25, 0.3) is 0 Å². The summed E-state index contributed by atoms with van der Waals surface area (Å²) in [7, 11) is 0. The standard InChI is InChI=1S/C19H19NO4/c1-3-17(18(22)14-7-5-4-6-8-14)24-19(23)15-9-11-16(12-10-15)20-13(2)21/h4-12,17H,3H2,1-2H3,(H,20,21)/t17-/m0/s1. The van der Waals surface area contributed by atoms with Crippen LogP contribution in [0.4, 0.5) is 5.69 Å². The van der Waals surface area contributed by atoms with Gasteiger partial charge in [-0.1, -0.05) is 37.3 Å². The Morgan fingerprint density at radius 2 is 1.58 bits per heavy atom. The van der Waals surface area contributed by atoms with Crippen molar-refractivity contribution in [1.29, 1.82) is 0 Å². The van der Waals surface area contributed by atoms with Crippen molar-refractivity contribution in [3.63, 3.8) is 0 Å². The van der Waals surface area contributed by atoms with E-state index in [1.807, 2.05) is 6.07 Å². The summed E-state index contributed by atoms with van der Waals surface area (Å²) in [6.45, 7) is 3.20. The lowest BCUT2D eigenvalue weighted by Gasteiger charge is -2.15. The third-order valence-electron chi connectivity index (χ3n) is 3.41. The molecule has 0 aliphatic rings. The minimum atomic E-state index is -0.824. The summed E-state index contributed by atoms with van der Waals surface area (Å²) in [4.78, 5) is 35.6. The van der Waals surface area contributed by atoms with Gasteiger partial charge in [0.1, 0.15) is 0 Å². The third kappa shape index (κ3) is 4.52. The zero-order chi connectivity index (χ0) is 17.5. The van der Waals surface area contributed by atoms with Gasteiger partial charge in [-0.2, -0.15) is 0 Å². The number of anilines is 1. The zero-order valence-corrected chi connectivity index (χ0v) is 13.6. The number of rotatable bonds is 6. The maximum absolute atomic E-state index is 12.4. The Bertz CT molecular complexity index is 723. The minimum Gasteiger partial charge on any atom is -0.450 e. The van der Waals surface area contributed by atoms with E-state index in [-0.39, 0.29) is 11.7 Å². The van der Waals surface area contributed by atoms with Crippen LogP contribution in [0.5, 0.6) is 0 Å². The van der Waals surface area contributed by atoms with Crippen LogP contribution in [-0.4, -0.2) is 23.8 Å². The zero-order valence-electron chi connectivity index (χ0n) is 13.6. The summed E-state index contributed by atoms with van der Waals surface area (Å²) in [5.41, 5.74) is 1.42. The number of Topliss-reactive ketones (excluding diaryl/α,β-unsaturated/α-hetero) is 1. The van der Waals surface area contributed by atoms with Crippen LogP contribution in [0.25, 0.3) is 0 Å². The van der Waals surface area contributed by atoms with E-state index in [0.29, 0.717) is 23.2 Å². The quantitative estimate of drug-likeness (QED) is 0.652. The number of nitrogens with one attached hydrogen (secondary N) is 1. The number of hydrogen-bond donors (Lipinski definition) is 1. The fourth-order valence-corrected chi connectivity index (χ4v) is 2.20. The Morgan fingerprint density at radius 1 is 0.958 bits per heavy atom. The number of esters is 1. The van der Waals surface area contributed by atoms with Gasteiger partial charge in [-0.05, 0) is 30.7 Å². The number of ether oxygens (including phenoxy) is 1. The average molecular weight is 325 g/mol. The highest BCUT2D eigenvalue weighted by Gasteiger charge is 2.23. The van der Waals surface area contributed by atoms with Gasteiger partial charge in [0.15, 0.2) is 6.10 Å². The molecule has 0 unspecified atom stereocenters. The summed E-state index contributed by atoms with van der Waals surface area (Å²) in [5.74, 6) is -0.980. The van der Waals surface area contributed by atoms with Crippen molar-refractivity contribution in [2.75, 3.05) is 5.32 Å². The fourth-order valence-electron chi connectivity index (χ4n) is 2.20. The molecule has 0 aliphatic carbocycles. The van der Waals surface area contributed by atoms with Crippen LogP contribution in [0.3, 0.4) is 0 Å². The lowest BCUT2D eigenvalue weighted by Crippen LogP contribution is -2.26. The molecule has 0 spiro atoms. The molecule has 0 aliphatic heterocycles. The first-order chi connectivity index (χ1) is 11.5. The Morgan fingerprint density at radius 3 is 2.12 bits per heavy atom. The SMILES string of the molecule is CC[C@H](OC(=O)c1ccc(NC(C)=O)cc1)C(=O)c1ccccc1. The van der Waals surface area contributed by atoms with Gasteiger partial charge < -0.3 is 10.1 Å². The van der Waals surface area contributed by atoms with Gasteiger partial charge in [0.2, 0.25) is 11.7 Å². The Labute approximate surface area is 140 Å². The number of amides is 1. The molecule has 124 valence electrons. The highest BCUT2D eigenvalue weighted by Crippen LogP contribution is 2.14. The Hall–Kier alpha value is -2.95. The Kier molecular flexibility index (Phi) is 5.84. The largest absolute Gasteiger partial charge is 0.450 e. The summed E-state index contributed by atoms with van der Waals surface area (Å²) in [6.07, 6.45) is -0.432. The molecule has 0 heterocycles. The molecular formula is C19H19NO4. The van der Waals surface area contributed by atoms with Crippen LogP contribution in [-0.2, 0) is 9.53 Å². The summed E-state index contributed by atoms with van der Waals surface area (Å²) in [5, 5.41) is 2.62. The van der Waals surface area contributed by atoms with Gasteiger partial charge in [-0.3, -0.25) is 9.59 Å². The van der Waals surface area contributed by atoms with E-state index < -0.39 is 12.1 Å². The van der Waals surface area contributed by atoms with E-state index in [4.69, 9.17) is 4.74 Å². The summed E-state index contributed by atoms with van der Waals surface area (Å²) < 4.78 is 5.35. The Balaban J connectivity index is 2.06. The van der Waals surface area contributed by atoms with Crippen LogP contribution in [0.2, 0.25) is 0 Å². The van der Waals surface area contributed by atoms with Crippen molar-refractivity contribution in [3.05, 3.63) is 65.7 Å². The molecule has 2 aromatic rings. The molecule has 0 bridgehead atoms. The molecule has 0 saturated carbocycles. The third-order valence-corrected chi connectivity index (χ3v) is 3.41. The molecule has 1 atom stereocenters. The predicted molar refractivity (Wildman–Crippen MR) is 91.0 cm³/mol. The second kappa shape index (κ2) is 8.06. The number of carbonyl (C=O) groups excluding carboxylic acids is 3. The number of carbonyl (C=O) groups is 3. The second-order valence-corrected chi connectivity index (χ2v) is 5.29. The number of ketones is 1. The number of hydrogen-bond acceptors (Lipinski definition) is 4. The van der Waals surface area contributed by atoms with Crippen LogP contribution >= 0.6 is 0 Å². The molecule has 2 aromatic carbocycles. The molecule has 2 rings (SSSR count). The van der Waals surface area contributed by atoms with Crippen molar-refractivity contribution in [1.82, 2.24) is 0 Å². The van der Waals surface area contributed by atoms with Crippen molar-refractivity contribution >= 4 is 23.3 Å². The van der Waals surface area contributed by atoms with Crippen molar-refractivity contribution < 1.29 is 19.1 Å². The lowest BCUT2D eigenvalue weighted by molar-refractivity contribution is -0.114.